The van der Waals surface area contributed by atoms with Crippen molar-refractivity contribution >= 4 is 11.0 Å². The molecule has 0 amide bonds. The first-order valence-electron chi connectivity index (χ1n) is 4.95. The van der Waals surface area contributed by atoms with Crippen LogP contribution >= 0.6 is 0 Å². The molecule has 1 fully saturated rings. The van der Waals surface area contributed by atoms with E-state index in [2.05, 4.69) is 38.9 Å². The van der Waals surface area contributed by atoms with E-state index in [1.54, 1.807) is 0 Å². The summed E-state index contributed by atoms with van der Waals surface area (Å²) in [6.45, 7) is 2.21. The predicted octanol–water partition coefficient (Wildman–Crippen LogP) is 1.03. The van der Waals surface area contributed by atoms with E-state index in [4.69, 9.17) is 0 Å². The third-order valence-electron chi connectivity index (χ3n) is 2.88. The fraction of sp³-hybridized carbons (Fsp3) is 0.400. The van der Waals surface area contributed by atoms with Crippen LogP contribution in [0.2, 0.25) is 0 Å². The molecule has 0 radical (unpaired) electrons. The Labute approximate surface area is 81.7 Å². The highest BCUT2D eigenvalue weighted by Gasteiger charge is 2.16. The van der Waals surface area contributed by atoms with Gasteiger partial charge in [0.2, 0.25) is 0 Å². The normalized spacial score (nSPS) is 21.9. The maximum absolute atomic E-state index is 4.02. The minimum absolute atomic E-state index is 0.649. The second kappa shape index (κ2) is 3.06. The van der Waals surface area contributed by atoms with Gasteiger partial charge in [-0.2, -0.15) is 0 Å². The first-order chi connectivity index (χ1) is 6.93. The summed E-state index contributed by atoms with van der Waals surface area (Å²) in [7, 11) is 0. The van der Waals surface area contributed by atoms with Crippen LogP contribution in [0.5, 0.6) is 0 Å². The zero-order valence-corrected chi connectivity index (χ0v) is 7.83. The molecule has 1 atom stereocenters. The third kappa shape index (κ3) is 1.19. The fourth-order valence-electron chi connectivity index (χ4n) is 2.05. The highest BCUT2D eigenvalue weighted by atomic mass is 15.3. The number of nitrogens with one attached hydrogen (secondary N) is 2. The summed E-state index contributed by atoms with van der Waals surface area (Å²) in [5.74, 6) is 0.649. The van der Waals surface area contributed by atoms with Crippen LogP contribution in [0.3, 0.4) is 0 Å². The van der Waals surface area contributed by atoms with Crippen molar-refractivity contribution < 1.29 is 0 Å². The number of fused-ring (bicyclic) bond motifs is 1. The lowest BCUT2D eigenvalue weighted by Gasteiger charge is -2.07. The molecule has 72 valence electrons. The molecule has 1 aromatic heterocycles. The van der Waals surface area contributed by atoms with Crippen molar-refractivity contribution in [1.29, 1.82) is 0 Å². The van der Waals surface area contributed by atoms with E-state index >= 15 is 0 Å². The molecular weight excluding hydrogens is 176 g/mol. The molecular formula is C10H12N4. The van der Waals surface area contributed by atoms with E-state index in [0.717, 1.165) is 24.1 Å². The van der Waals surface area contributed by atoms with Gasteiger partial charge in [0.15, 0.2) is 0 Å². The maximum Gasteiger partial charge on any atom is 0.113 e. The van der Waals surface area contributed by atoms with Crippen LogP contribution in [0.4, 0.5) is 0 Å². The van der Waals surface area contributed by atoms with Crippen molar-refractivity contribution in [2.24, 2.45) is 0 Å². The summed E-state index contributed by atoms with van der Waals surface area (Å²) in [5.41, 5.74) is 3.35. The van der Waals surface area contributed by atoms with Crippen LogP contribution in [-0.2, 0) is 0 Å². The highest BCUT2D eigenvalue weighted by molar-refractivity contribution is 5.74. The molecule has 1 aliphatic rings. The molecule has 1 saturated heterocycles. The molecule has 1 aliphatic heterocycles. The van der Waals surface area contributed by atoms with Crippen molar-refractivity contribution in [3.63, 3.8) is 0 Å². The molecule has 2 N–H and O–H groups in total. The average Bonchev–Trinajstić information content (AvgIpc) is 2.88. The SMILES string of the molecule is c1cc2[nH]nnc2cc1[C@@H]1CCNC1. The lowest BCUT2D eigenvalue weighted by Crippen LogP contribution is -2.07. The van der Waals surface area contributed by atoms with Crippen LogP contribution in [0.25, 0.3) is 11.0 Å². The largest absolute Gasteiger partial charge is 0.316 e. The Morgan fingerprint density at radius 1 is 1.36 bits per heavy atom. The van der Waals surface area contributed by atoms with Gasteiger partial charge in [0.25, 0.3) is 0 Å². The Bertz CT molecular complexity index is 442. The van der Waals surface area contributed by atoms with E-state index in [9.17, 15) is 0 Å². The Morgan fingerprint density at radius 3 is 3.21 bits per heavy atom. The van der Waals surface area contributed by atoms with Gasteiger partial charge in [-0.3, -0.25) is 5.10 Å². The van der Waals surface area contributed by atoms with Gasteiger partial charge in [0, 0.05) is 6.54 Å². The van der Waals surface area contributed by atoms with E-state index in [-0.39, 0.29) is 0 Å². The Balaban J connectivity index is 2.04. The number of nitrogens with zero attached hydrogens (tertiary/aromatic N) is 2. The summed E-state index contributed by atoms with van der Waals surface area (Å²) in [6.07, 6.45) is 1.23. The molecule has 0 unspecified atom stereocenters. The Morgan fingerprint density at radius 2 is 2.36 bits per heavy atom. The predicted molar refractivity (Wildman–Crippen MR) is 54.1 cm³/mol. The molecule has 2 aromatic rings. The lowest BCUT2D eigenvalue weighted by atomic mass is 9.98. The molecule has 0 spiro atoms. The molecule has 4 heteroatoms. The number of aromatic amines is 1. The van der Waals surface area contributed by atoms with E-state index in [0.29, 0.717) is 5.92 Å². The summed E-state index contributed by atoms with van der Waals surface area (Å²) >= 11 is 0. The van der Waals surface area contributed by atoms with E-state index in [1.165, 1.54) is 12.0 Å². The first kappa shape index (κ1) is 7.94. The fourth-order valence-corrected chi connectivity index (χ4v) is 2.05. The number of hydrogen-bond acceptors (Lipinski definition) is 3. The van der Waals surface area contributed by atoms with Crippen LogP contribution in [0.1, 0.15) is 17.9 Å². The molecule has 0 saturated carbocycles. The molecule has 0 bridgehead atoms. The monoisotopic (exact) mass is 188 g/mol. The van der Waals surface area contributed by atoms with Crippen LogP contribution in [-0.4, -0.2) is 28.5 Å². The zero-order chi connectivity index (χ0) is 9.38. The topological polar surface area (TPSA) is 53.6 Å². The minimum Gasteiger partial charge on any atom is -0.316 e. The number of rotatable bonds is 1. The summed E-state index contributed by atoms with van der Waals surface area (Å²) < 4.78 is 0. The molecule has 14 heavy (non-hydrogen) atoms. The molecule has 2 heterocycles. The van der Waals surface area contributed by atoms with Gasteiger partial charge in [-0.05, 0) is 36.6 Å². The van der Waals surface area contributed by atoms with Gasteiger partial charge in [0.05, 0.1) is 5.52 Å². The second-order valence-corrected chi connectivity index (χ2v) is 3.78. The van der Waals surface area contributed by atoms with Crippen molar-refractivity contribution in [2.45, 2.75) is 12.3 Å². The maximum atomic E-state index is 4.02. The Hall–Kier alpha value is -1.42. The minimum atomic E-state index is 0.649. The van der Waals surface area contributed by atoms with Crippen molar-refractivity contribution in [3.8, 4) is 0 Å². The molecule has 0 aliphatic carbocycles. The quantitative estimate of drug-likeness (QED) is 0.703. The van der Waals surface area contributed by atoms with Gasteiger partial charge >= 0.3 is 0 Å². The molecule has 1 aromatic carbocycles. The summed E-state index contributed by atoms with van der Waals surface area (Å²) in [6, 6.07) is 6.36. The number of benzene rings is 1. The first-order valence-corrected chi connectivity index (χ1v) is 4.95. The molecule has 4 nitrogen and oxygen atoms in total. The van der Waals surface area contributed by atoms with Crippen molar-refractivity contribution in [1.82, 2.24) is 20.7 Å². The number of hydrogen-bond donors (Lipinski definition) is 2. The molecule has 3 rings (SSSR count). The number of H-pyrrole nitrogens is 1. The zero-order valence-electron chi connectivity index (χ0n) is 7.83. The Kier molecular flexibility index (Phi) is 1.73. The van der Waals surface area contributed by atoms with Gasteiger partial charge in [0.1, 0.15) is 5.52 Å². The summed E-state index contributed by atoms with van der Waals surface area (Å²) in [4.78, 5) is 0. The van der Waals surface area contributed by atoms with Crippen LogP contribution < -0.4 is 5.32 Å². The lowest BCUT2D eigenvalue weighted by molar-refractivity contribution is 0.764. The van der Waals surface area contributed by atoms with E-state index in [1.807, 2.05) is 0 Å². The standard InChI is InChI=1S/C10H12N4/c1-2-9-10(13-14-12-9)5-7(1)8-3-4-11-6-8/h1-2,5,8,11H,3-4,6H2,(H,12,13,14)/t8-/m1/s1. The van der Waals surface area contributed by atoms with Crippen LogP contribution in [0, 0.1) is 0 Å². The van der Waals surface area contributed by atoms with Gasteiger partial charge in [-0.1, -0.05) is 11.3 Å². The van der Waals surface area contributed by atoms with Crippen molar-refractivity contribution in [3.05, 3.63) is 23.8 Å². The van der Waals surface area contributed by atoms with Crippen molar-refractivity contribution in [2.75, 3.05) is 13.1 Å². The third-order valence-corrected chi connectivity index (χ3v) is 2.88. The van der Waals surface area contributed by atoms with Gasteiger partial charge in [-0.25, -0.2) is 0 Å². The van der Waals surface area contributed by atoms with E-state index < -0.39 is 0 Å². The van der Waals surface area contributed by atoms with Gasteiger partial charge in [-0.15, -0.1) is 5.10 Å². The smallest absolute Gasteiger partial charge is 0.113 e. The van der Waals surface area contributed by atoms with Gasteiger partial charge < -0.3 is 5.32 Å². The summed E-state index contributed by atoms with van der Waals surface area (Å²) in [5, 5.41) is 14.0. The average molecular weight is 188 g/mol. The number of aromatic nitrogens is 3. The van der Waals surface area contributed by atoms with Crippen LogP contribution in [0.15, 0.2) is 18.2 Å². The second-order valence-electron chi connectivity index (χ2n) is 3.78. The highest BCUT2D eigenvalue weighted by Crippen LogP contribution is 2.24.